The van der Waals surface area contributed by atoms with Crippen molar-refractivity contribution in [3.63, 3.8) is 0 Å². The number of benzene rings is 3. The average molecular weight is 476 g/mol. The Bertz CT molecular complexity index is 1030. The summed E-state index contributed by atoms with van der Waals surface area (Å²) in [6.45, 7) is 6.18. The maximum Gasteiger partial charge on any atom is 0.344 e. The molecule has 1 fully saturated rings. The first-order valence-electron chi connectivity index (χ1n) is 12.3. The van der Waals surface area contributed by atoms with Gasteiger partial charge in [0.05, 0.1) is 10.9 Å². The van der Waals surface area contributed by atoms with Crippen LogP contribution in [0, 0.1) is 13.8 Å². The van der Waals surface area contributed by atoms with Gasteiger partial charge in [0.15, 0.2) is 21.3 Å². The van der Waals surface area contributed by atoms with Gasteiger partial charge in [-0.05, 0) is 81.3 Å². The number of hydrogen-bond acceptors (Lipinski definition) is 3. The number of esters is 1. The number of carbonyl (C=O) groups excluding carboxylic acids is 1. The molecule has 0 unspecified atom stereocenters. The van der Waals surface area contributed by atoms with Crippen LogP contribution < -0.4 is 4.74 Å². The van der Waals surface area contributed by atoms with Crippen molar-refractivity contribution in [2.75, 3.05) is 6.61 Å². The third-order valence-corrected chi connectivity index (χ3v) is 8.90. The second kappa shape index (κ2) is 11.1. The van der Waals surface area contributed by atoms with Gasteiger partial charge in [-0.25, -0.2) is 4.79 Å². The van der Waals surface area contributed by atoms with Crippen LogP contribution in [-0.4, -0.2) is 18.2 Å². The Hall–Kier alpha value is -2.72. The fraction of sp³-hybridized carbons (Fsp3) is 0.367. The summed E-state index contributed by atoms with van der Waals surface area (Å²) in [5.41, 5.74) is 1.77. The molecule has 34 heavy (non-hydrogen) atoms. The van der Waals surface area contributed by atoms with Crippen LogP contribution in [0.2, 0.25) is 0 Å². The van der Waals surface area contributed by atoms with E-state index in [0.717, 1.165) is 49.0 Å². The van der Waals surface area contributed by atoms with Gasteiger partial charge >= 0.3 is 5.97 Å². The lowest BCUT2D eigenvalue weighted by Gasteiger charge is -2.35. The maximum atomic E-state index is 12.7. The monoisotopic (exact) mass is 475 g/mol. The fourth-order valence-corrected chi connectivity index (χ4v) is 7.17. The first-order chi connectivity index (χ1) is 16.5. The molecule has 4 heteroatoms. The second-order valence-electron chi connectivity index (χ2n) is 9.18. The van der Waals surface area contributed by atoms with Gasteiger partial charge in [-0.1, -0.05) is 49.7 Å². The zero-order valence-electron chi connectivity index (χ0n) is 20.5. The molecular weight excluding hydrogens is 440 g/mol. The zero-order chi connectivity index (χ0) is 24.0. The summed E-state index contributed by atoms with van der Waals surface area (Å²) >= 11 is 0. The Kier molecular flexibility index (Phi) is 7.99. The van der Waals surface area contributed by atoms with Crippen LogP contribution in [0.1, 0.15) is 56.6 Å². The van der Waals surface area contributed by atoms with E-state index in [-0.39, 0.29) is 29.1 Å². The quantitative estimate of drug-likeness (QED) is 0.251. The van der Waals surface area contributed by atoms with E-state index < -0.39 is 0 Å². The molecule has 1 saturated carbocycles. The normalized spacial score (nSPS) is 15.2. The van der Waals surface area contributed by atoms with Crippen LogP contribution in [0.5, 0.6) is 5.75 Å². The van der Waals surface area contributed by atoms with Crippen molar-refractivity contribution in [2.24, 2.45) is 0 Å². The third kappa shape index (κ3) is 5.67. The van der Waals surface area contributed by atoms with Crippen molar-refractivity contribution >= 4 is 16.9 Å². The summed E-state index contributed by atoms with van der Waals surface area (Å²) in [6.07, 6.45) is 6.28. The third-order valence-electron chi connectivity index (χ3n) is 6.70. The number of carbonyl (C=O) groups is 1. The van der Waals surface area contributed by atoms with Crippen molar-refractivity contribution in [1.29, 1.82) is 0 Å². The Morgan fingerprint density at radius 2 is 1.35 bits per heavy atom. The van der Waals surface area contributed by atoms with Crippen LogP contribution in [0.3, 0.4) is 0 Å². The minimum Gasteiger partial charge on any atom is -0.481 e. The van der Waals surface area contributed by atoms with E-state index in [9.17, 15) is 4.79 Å². The standard InChI is InChI=1S/C30H35O3S/c1-4-30(18-12-7-13-19-30)33-28(31)22-32-29-23(2)20-27(21-24(29)3)34(25-14-8-5-9-15-25)26-16-10-6-11-17-26/h5-6,8-11,14-17,20-21H,4,7,12-13,18-19,22H2,1-3H3/q+1. The molecule has 0 aliphatic heterocycles. The molecule has 0 aromatic heterocycles. The number of hydrogen-bond donors (Lipinski definition) is 0. The minimum atomic E-state index is -0.299. The number of aryl methyl sites for hydroxylation is 2. The molecule has 0 saturated heterocycles. The molecule has 3 aromatic carbocycles. The van der Waals surface area contributed by atoms with E-state index in [4.69, 9.17) is 9.47 Å². The molecule has 3 aromatic rings. The lowest BCUT2D eigenvalue weighted by Crippen LogP contribution is -2.38. The van der Waals surface area contributed by atoms with Gasteiger partial charge < -0.3 is 9.47 Å². The Labute approximate surface area is 206 Å². The van der Waals surface area contributed by atoms with Crippen LogP contribution >= 0.6 is 0 Å². The fourth-order valence-electron chi connectivity index (χ4n) is 4.90. The summed E-state index contributed by atoms with van der Waals surface area (Å²) in [4.78, 5) is 16.5. The topological polar surface area (TPSA) is 35.5 Å². The largest absolute Gasteiger partial charge is 0.481 e. The molecule has 1 aliphatic carbocycles. The molecule has 0 bridgehead atoms. The van der Waals surface area contributed by atoms with Crippen molar-refractivity contribution in [3.05, 3.63) is 83.9 Å². The molecule has 0 amide bonds. The molecule has 0 heterocycles. The highest BCUT2D eigenvalue weighted by molar-refractivity contribution is 7.97. The van der Waals surface area contributed by atoms with E-state index in [1.54, 1.807) is 0 Å². The Balaban J connectivity index is 1.53. The van der Waals surface area contributed by atoms with Gasteiger partial charge in [0, 0.05) is 12.1 Å². The predicted molar refractivity (Wildman–Crippen MR) is 139 cm³/mol. The lowest BCUT2D eigenvalue weighted by molar-refractivity contribution is -0.166. The van der Waals surface area contributed by atoms with Crippen molar-refractivity contribution in [1.82, 2.24) is 0 Å². The van der Waals surface area contributed by atoms with E-state index in [1.807, 2.05) is 0 Å². The van der Waals surface area contributed by atoms with E-state index in [2.05, 4.69) is 93.6 Å². The second-order valence-corrected chi connectivity index (χ2v) is 11.2. The summed E-state index contributed by atoms with van der Waals surface area (Å²) in [5, 5.41) is 0. The molecule has 178 valence electrons. The molecule has 1 aliphatic rings. The highest BCUT2D eigenvalue weighted by Gasteiger charge is 2.34. The molecule has 3 nitrogen and oxygen atoms in total. The smallest absolute Gasteiger partial charge is 0.344 e. The SMILES string of the molecule is CCC1(OC(=O)COc2c(C)cc([S+](c3ccccc3)c3ccccc3)cc2C)CCCCC1. The Morgan fingerprint density at radius 3 is 1.85 bits per heavy atom. The predicted octanol–water partition coefficient (Wildman–Crippen LogP) is 7.43. The summed E-state index contributed by atoms with van der Waals surface area (Å²) in [7, 11) is -0.215. The van der Waals surface area contributed by atoms with Crippen molar-refractivity contribution in [2.45, 2.75) is 79.6 Å². The molecule has 0 atom stereocenters. The average Bonchev–Trinajstić information content (AvgIpc) is 2.85. The summed E-state index contributed by atoms with van der Waals surface area (Å²) in [5.74, 6) is 0.513. The van der Waals surface area contributed by atoms with E-state index in [1.165, 1.54) is 21.1 Å². The highest BCUT2D eigenvalue weighted by atomic mass is 32.2. The molecule has 4 rings (SSSR count). The first kappa shape index (κ1) is 24.4. The molecule has 0 spiro atoms. The number of rotatable bonds is 8. The van der Waals surface area contributed by atoms with Crippen molar-refractivity contribution in [3.8, 4) is 5.75 Å². The summed E-state index contributed by atoms with van der Waals surface area (Å²) < 4.78 is 12.0. The maximum absolute atomic E-state index is 12.7. The highest BCUT2D eigenvalue weighted by Crippen LogP contribution is 2.36. The van der Waals surface area contributed by atoms with E-state index in [0.29, 0.717) is 0 Å². The lowest BCUT2D eigenvalue weighted by atomic mass is 9.83. The van der Waals surface area contributed by atoms with Crippen LogP contribution in [0.15, 0.2) is 87.5 Å². The van der Waals surface area contributed by atoms with Crippen molar-refractivity contribution < 1.29 is 14.3 Å². The number of ether oxygens (including phenoxy) is 2. The Morgan fingerprint density at radius 1 is 0.824 bits per heavy atom. The first-order valence-corrected chi connectivity index (χ1v) is 13.5. The van der Waals surface area contributed by atoms with Crippen LogP contribution in [0.25, 0.3) is 0 Å². The van der Waals surface area contributed by atoms with Gasteiger partial charge in [0.2, 0.25) is 0 Å². The molecule has 0 N–H and O–H groups in total. The zero-order valence-corrected chi connectivity index (χ0v) is 21.3. The van der Waals surface area contributed by atoms with Crippen LogP contribution in [0.4, 0.5) is 0 Å². The molecular formula is C30H35O3S+. The van der Waals surface area contributed by atoms with Gasteiger partial charge in [0.1, 0.15) is 11.4 Å². The van der Waals surface area contributed by atoms with Crippen LogP contribution in [-0.2, 0) is 20.4 Å². The van der Waals surface area contributed by atoms with E-state index >= 15 is 0 Å². The van der Waals surface area contributed by atoms with Gasteiger partial charge in [-0.15, -0.1) is 0 Å². The summed E-state index contributed by atoms with van der Waals surface area (Å²) in [6, 6.07) is 25.6. The van der Waals surface area contributed by atoms with Gasteiger partial charge in [-0.3, -0.25) is 0 Å². The van der Waals surface area contributed by atoms with Gasteiger partial charge in [-0.2, -0.15) is 0 Å². The minimum absolute atomic E-state index is 0.0497. The molecule has 0 radical (unpaired) electrons. The van der Waals surface area contributed by atoms with Gasteiger partial charge in [0.25, 0.3) is 0 Å².